The minimum Gasteiger partial charge on any atom is -0.385 e. The number of pyridine rings is 1. The maximum atomic E-state index is 11.9. The van der Waals surface area contributed by atoms with Gasteiger partial charge in [-0.2, -0.15) is 0 Å². The zero-order valence-electron chi connectivity index (χ0n) is 12.4. The summed E-state index contributed by atoms with van der Waals surface area (Å²) in [6.07, 6.45) is 5.75. The fraction of sp³-hybridized carbons (Fsp3) is 0.600. The molecule has 1 rings (SSSR count). The number of hydrogen-bond donors (Lipinski definition) is 2. The highest BCUT2D eigenvalue weighted by atomic mass is 16.5. The van der Waals surface area contributed by atoms with Crippen LogP contribution in [0.1, 0.15) is 43.1 Å². The monoisotopic (exact) mass is 279 g/mol. The van der Waals surface area contributed by atoms with E-state index in [4.69, 9.17) is 4.74 Å². The normalized spacial score (nSPS) is 10.3. The highest BCUT2D eigenvalue weighted by Crippen LogP contribution is 2.08. The topological polar surface area (TPSA) is 63.2 Å². The van der Waals surface area contributed by atoms with Crippen LogP contribution in [0.15, 0.2) is 18.3 Å². The summed E-state index contributed by atoms with van der Waals surface area (Å²) in [5.74, 6) is -0.114. The quantitative estimate of drug-likeness (QED) is 0.646. The number of anilines is 1. The number of rotatable bonds is 10. The van der Waals surface area contributed by atoms with Crippen LogP contribution in [-0.4, -0.2) is 37.7 Å². The largest absolute Gasteiger partial charge is 0.385 e. The molecule has 0 radical (unpaired) electrons. The van der Waals surface area contributed by atoms with Crippen LogP contribution in [0.3, 0.4) is 0 Å². The minimum absolute atomic E-state index is 0.114. The van der Waals surface area contributed by atoms with E-state index in [0.29, 0.717) is 12.2 Å². The van der Waals surface area contributed by atoms with Crippen molar-refractivity contribution in [1.82, 2.24) is 10.3 Å². The molecule has 2 N–H and O–H groups in total. The summed E-state index contributed by atoms with van der Waals surface area (Å²) in [5.41, 5.74) is 1.40. The molecule has 1 heterocycles. The van der Waals surface area contributed by atoms with Gasteiger partial charge in [0.1, 0.15) is 5.69 Å². The van der Waals surface area contributed by atoms with Gasteiger partial charge >= 0.3 is 0 Å². The standard InChI is InChI=1S/C15H25N3O2/c1-3-8-16-13-7-10-17-14(12-13)15(19)18-9-5-4-6-11-20-2/h7,10,12H,3-6,8-9,11H2,1-2H3,(H,16,17)(H,18,19). The van der Waals surface area contributed by atoms with Crippen LogP contribution >= 0.6 is 0 Å². The number of nitrogens with one attached hydrogen (secondary N) is 2. The molecule has 5 heteroatoms. The number of nitrogens with zero attached hydrogens (tertiary/aromatic N) is 1. The third-order valence-corrected chi connectivity index (χ3v) is 2.88. The second-order valence-corrected chi connectivity index (χ2v) is 4.67. The van der Waals surface area contributed by atoms with E-state index in [-0.39, 0.29) is 5.91 Å². The molecule has 1 aromatic rings. The number of carbonyl (C=O) groups is 1. The molecule has 0 unspecified atom stereocenters. The summed E-state index contributed by atoms with van der Waals surface area (Å²) in [7, 11) is 1.70. The molecule has 0 atom stereocenters. The molecular formula is C15H25N3O2. The number of unbranched alkanes of at least 4 members (excludes halogenated alkanes) is 2. The lowest BCUT2D eigenvalue weighted by Crippen LogP contribution is -2.25. The van der Waals surface area contributed by atoms with E-state index in [1.54, 1.807) is 19.4 Å². The van der Waals surface area contributed by atoms with Crippen LogP contribution in [0.2, 0.25) is 0 Å². The Hall–Kier alpha value is -1.62. The first-order valence-corrected chi connectivity index (χ1v) is 7.25. The Balaban J connectivity index is 2.31. The second-order valence-electron chi connectivity index (χ2n) is 4.67. The highest BCUT2D eigenvalue weighted by molar-refractivity contribution is 5.93. The van der Waals surface area contributed by atoms with E-state index in [2.05, 4.69) is 22.5 Å². The molecule has 0 aromatic carbocycles. The molecule has 0 fully saturated rings. The summed E-state index contributed by atoms with van der Waals surface area (Å²) in [6.45, 7) is 4.45. The summed E-state index contributed by atoms with van der Waals surface area (Å²) >= 11 is 0. The van der Waals surface area contributed by atoms with E-state index in [0.717, 1.165) is 44.5 Å². The smallest absolute Gasteiger partial charge is 0.269 e. The first kappa shape index (κ1) is 16.4. The van der Waals surface area contributed by atoms with Gasteiger partial charge in [-0.05, 0) is 37.8 Å². The Kier molecular flexibility index (Phi) is 8.38. The van der Waals surface area contributed by atoms with Gasteiger partial charge in [-0.1, -0.05) is 6.92 Å². The average Bonchev–Trinajstić information content (AvgIpc) is 2.48. The summed E-state index contributed by atoms with van der Waals surface area (Å²) in [5, 5.41) is 6.14. The Morgan fingerprint density at radius 2 is 2.15 bits per heavy atom. The number of ether oxygens (including phenoxy) is 1. The fourth-order valence-corrected chi connectivity index (χ4v) is 1.77. The van der Waals surface area contributed by atoms with Crippen LogP contribution in [-0.2, 0) is 4.74 Å². The lowest BCUT2D eigenvalue weighted by molar-refractivity contribution is 0.0947. The van der Waals surface area contributed by atoms with E-state index in [1.165, 1.54) is 0 Å². The molecule has 0 aliphatic rings. The van der Waals surface area contributed by atoms with E-state index in [1.807, 2.05) is 6.07 Å². The Labute approximate surface area is 121 Å². The average molecular weight is 279 g/mol. The van der Waals surface area contributed by atoms with Crippen molar-refractivity contribution >= 4 is 11.6 Å². The van der Waals surface area contributed by atoms with Crippen LogP contribution in [0.5, 0.6) is 0 Å². The SMILES string of the molecule is CCCNc1ccnc(C(=O)NCCCCCOC)c1. The van der Waals surface area contributed by atoms with Gasteiger partial charge in [0.25, 0.3) is 5.91 Å². The lowest BCUT2D eigenvalue weighted by atomic mass is 10.2. The number of methoxy groups -OCH3 is 1. The van der Waals surface area contributed by atoms with E-state index in [9.17, 15) is 4.79 Å². The minimum atomic E-state index is -0.114. The third kappa shape index (κ3) is 6.52. The first-order valence-electron chi connectivity index (χ1n) is 7.25. The number of hydrogen-bond acceptors (Lipinski definition) is 4. The van der Waals surface area contributed by atoms with Crippen LogP contribution < -0.4 is 10.6 Å². The molecule has 112 valence electrons. The summed E-state index contributed by atoms with van der Waals surface area (Å²) < 4.78 is 4.98. The molecule has 0 aliphatic heterocycles. The van der Waals surface area contributed by atoms with Crippen molar-refractivity contribution < 1.29 is 9.53 Å². The zero-order valence-corrected chi connectivity index (χ0v) is 12.4. The maximum absolute atomic E-state index is 11.9. The number of amides is 1. The van der Waals surface area contributed by atoms with Crippen LogP contribution in [0.25, 0.3) is 0 Å². The van der Waals surface area contributed by atoms with Gasteiger partial charge in [0.15, 0.2) is 0 Å². The first-order chi connectivity index (χ1) is 9.77. The van der Waals surface area contributed by atoms with E-state index >= 15 is 0 Å². The molecule has 1 amide bonds. The van der Waals surface area contributed by atoms with Gasteiger partial charge < -0.3 is 15.4 Å². The summed E-state index contributed by atoms with van der Waals surface area (Å²) in [6, 6.07) is 3.66. The Morgan fingerprint density at radius 3 is 2.90 bits per heavy atom. The van der Waals surface area contributed by atoms with Crippen LogP contribution in [0.4, 0.5) is 5.69 Å². The van der Waals surface area contributed by atoms with Gasteiger partial charge in [-0.3, -0.25) is 9.78 Å². The molecule has 1 aromatic heterocycles. The highest BCUT2D eigenvalue weighted by Gasteiger charge is 2.06. The van der Waals surface area contributed by atoms with Gasteiger partial charge in [0.2, 0.25) is 0 Å². The van der Waals surface area contributed by atoms with Gasteiger partial charge in [0.05, 0.1) is 0 Å². The maximum Gasteiger partial charge on any atom is 0.269 e. The van der Waals surface area contributed by atoms with Gasteiger partial charge in [-0.15, -0.1) is 0 Å². The second kappa shape index (κ2) is 10.2. The van der Waals surface area contributed by atoms with E-state index < -0.39 is 0 Å². The zero-order chi connectivity index (χ0) is 14.6. The molecule has 0 saturated heterocycles. The van der Waals surface area contributed by atoms with Crippen molar-refractivity contribution in [3.8, 4) is 0 Å². The van der Waals surface area contributed by atoms with Gasteiger partial charge in [-0.25, -0.2) is 0 Å². The third-order valence-electron chi connectivity index (χ3n) is 2.88. The molecule has 0 aliphatic carbocycles. The van der Waals surface area contributed by atoms with Crippen molar-refractivity contribution in [3.63, 3.8) is 0 Å². The molecule has 5 nitrogen and oxygen atoms in total. The van der Waals surface area contributed by atoms with Crippen molar-refractivity contribution in [2.75, 3.05) is 32.1 Å². The van der Waals surface area contributed by atoms with Gasteiger partial charge in [0, 0.05) is 38.7 Å². The molecule has 20 heavy (non-hydrogen) atoms. The molecule has 0 bridgehead atoms. The lowest BCUT2D eigenvalue weighted by Gasteiger charge is -2.07. The van der Waals surface area contributed by atoms with Crippen molar-refractivity contribution in [2.24, 2.45) is 0 Å². The molecular weight excluding hydrogens is 254 g/mol. The van der Waals surface area contributed by atoms with Crippen molar-refractivity contribution in [2.45, 2.75) is 32.6 Å². The molecule has 0 saturated carbocycles. The molecule has 0 spiro atoms. The predicted molar refractivity (Wildman–Crippen MR) is 81.1 cm³/mol. The summed E-state index contributed by atoms with van der Waals surface area (Å²) in [4.78, 5) is 16.0. The number of carbonyl (C=O) groups excluding carboxylic acids is 1. The fourth-order valence-electron chi connectivity index (χ4n) is 1.77. The Bertz CT molecular complexity index is 396. The van der Waals surface area contributed by atoms with Crippen LogP contribution in [0, 0.1) is 0 Å². The predicted octanol–water partition coefficient (Wildman–Crippen LogP) is 2.45. The number of aromatic nitrogens is 1. The van der Waals surface area contributed by atoms with Crippen molar-refractivity contribution in [1.29, 1.82) is 0 Å². The van der Waals surface area contributed by atoms with Crippen molar-refractivity contribution in [3.05, 3.63) is 24.0 Å². The Morgan fingerprint density at radius 1 is 1.30 bits per heavy atom.